The van der Waals surface area contributed by atoms with Crippen LogP contribution in [0.3, 0.4) is 0 Å². The van der Waals surface area contributed by atoms with Gasteiger partial charge in [-0.3, -0.25) is 0 Å². The molecule has 1 aromatic carbocycles. The predicted molar refractivity (Wildman–Crippen MR) is 115 cm³/mol. The molecule has 2 amide bonds. The largest absolute Gasteiger partial charge is 0.493 e. The topological polar surface area (TPSA) is 72.9 Å². The van der Waals surface area contributed by atoms with Gasteiger partial charge < -0.3 is 24.4 Å². The molecule has 0 radical (unpaired) electrons. The van der Waals surface area contributed by atoms with E-state index in [1.165, 1.54) is 12.8 Å². The van der Waals surface area contributed by atoms with Gasteiger partial charge in [-0.25, -0.2) is 9.78 Å². The Morgan fingerprint density at radius 1 is 1.10 bits per heavy atom. The highest BCUT2D eigenvalue weighted by Crippen LogP contribution is 2.27. The summed E-state index contributed by atoms with van der Waals surface area (Å²) in [6, 6.07) is 9.48. The van der Waals surface area contributed by atoms with Crippen LogP contribution in [-0.4, -0.2) is 49.8 Å². The molecule has 162 valence electrons. The minimum Gasteiger partial charge on any atom is -0.493 e. The van der Waals surface area contributed by atoms with Crippen LogP contribution in [0.15, 0.2) is 36.5 Å². The molecule has 1 aromatic heterocycles. The predicted octanol–water partition coefficient (Wildman–Crippen LogP) is 3.80. The smallest absolute Gasteiger partial charge is 0.317 e. The second kappa shape index (κ2) is 10.7. The highest BCUT2D eigenvalue weighted by Gasteiger charge is 2.17. The number of aromatic nitrogens is 1. The van der Waals surface area contributed by atoms with Crippen LogP contribution in [0, 0.1) is 0 Å². The molecule has 1 saturated carbocycles. The number of pyridine rings is 1. The molecule has 1 aliphatic carbocycles. The lowest BCUT2D eigenvalue weighted by Crippen LogP contribution is -2.38. The van der Waals surface area contributed by atoms with Crippen molar-refractivity contribution in [1.29, 1.82) is 0 Å². The number of methoxy groups -OCH3 is 2. The number of ether oxygens (including phenoxy) is 3. The van der Waals surface area contributed by atoms with Crippen LogP contribution in [-0.2, 0) is 13.0 Å². The Kier molecular flexibility index (Phi) is 7.76. The van der Waals surface area contributed by atoms with Gasteiger partial charge in [0.05, 0.1) is 14.2 Å². The average molecular weight is 414 g/mol. The first-order valence-electron chi connectivity index (χ1n) is 10.4. The fourth-order valence-electron chi connectivity index (χ4n) is 3.55. The minimum atomic E-state index is -0.120. The molecule has 2 aromatic rings. The fourth-order valence-corrected chi connectivity index (χ4v) is 3.55. The molecular formula is C23H31N3O4. The van der Waals surface area contributed by atoms with Crippen LogP contribution in [0.25, 0.3) is 0 Å². The summed E-state index contributed by atoms with van der Waals surface area (Å²) in [4.78, 5) is 18.4. The van der Waals surface area contributed by atoms with Gasteiger partial charge in [-0.1, -0.05) is 6.07 Å². The number of rotatable bonds is 9. The fraction of sp³-hybridized carbons (Fsp3) is 0.478. The van der Waals surface area contributed by atoms with Gasteiger partial charge in [0.2, 0.25) is 5.88 Å². The molecule has 3 rings (SSSR count). The molecule has 7 nitrogen and oxygen atoms in total. The molecule has 1 N–H and O–H groups in total. The second-order valence-electron chi connectivity index (χ2n) is 7.55. The number of hydrogen-bond acceptors (Lipinski definition) is 5. The molecule has 0 aliphatic heterocycles. The van der Waals surface area contributed by atoms with Crippen LogP contribution in [0.2, 0.25) is 0 Å². The lowest BCUT2D eigenvalue weighted by atomic mass is 10.1. The number of nitrogens with zero attached hydrogens (tertiary/aromatic N) is 2. The van der Waals surface area contributed by atoms with Crippen molar-refractivity contribution in [2.75, 3.05) is 27.8 Å². The Morgan fingerprint density at radius 3 is 2.60 bits per heavy atom. The van der Waals surface area contributed by atoms with Crippen LogP contribution < -0.4 is 19.5 Å². The zero-order chi connectivity index (χ0) is 21.3. The number of nitrogens with one attached hydrogen (secondary N) is 1. The maximum absolute atomic E-state index is 12.4. The van der Waals surface area contributed by atoms with E-state index in [2.05, 4.69) is 10.3 Å². The number of carbonyl (C=O) groups is 1. The SMILES string of the molecule is COc1ccc(CCN(C)C(=O)NCc2ccnc(OC3CCCC3)c2)cc1OC. The van der Waals surface area contributed by atoms with Gasteiger partial charge in [0.15, 0.2) is 11.5 Å². The van der Waals surface area contributed by atoms with Gasteiger partial charge in [0.25, 0.3) is 0 Å². The van der Waals surface area contributed by atoms with E-state index in [1.54, 1.807) is 32.4 Å². The number of benzene rings is 1. The zero-order valence-corrected chi connectivity index (χ0v) is 18.0. The summed E-state index contributed by atoms with van der Waals surface area (Å²) in [5, 5.41) is 2.96. The molecule has 1 fully saturated rings. The Labute approximate surface area is 178 Å². The second-order valence-corrected chi connectivity index (χ2v) is 7.55. The van der Waals surface area contributed by atoms with E-state index in [9.17, 15) is 4.79 Å². The van der Waals surface area contributed by atoms with Crippen molar-refractivity contribution >= 4 is 6.03 Å². The third kappa shape index (κ3) is 6.02. The lowest BCUT2D eigenvalue weighted by Gasteiger charge is -2.19. The molecular weight excluding hydrogens is 382 g/mol. The van der Waals surface area contributed by atoms with E-state index in [4.69, 9.17) is 14.2 Å². The molecule has 0 bridgehead atoms. The van der Waals surface area contributed by atoms with E-state index >= 15 is 0 Å². The number of amides is 2. The normalized spacial score (nSPS) is 13.7. The Morgan fingerprint density at radius 2 is 1.87 bits per heavy atom. The van der Waals surface area contributed by atoms with Crippen molar-refractivity contribution in [2.45, 2.75) is 44.8 Å². The van der Waals surface area contributed by atoms with Crippen molar-refractivity contribution in [3.8, 4) is 17.4 Å². The average Bonchev–Trinajstić information content (AvgIpc) is 3.28. The number of urea groups is 1. The first-order chi connectivity index (χ1) is 14.6. The quantitative estimate of drug-likeness (QED) is 0.677. The summed E-state index contributed by atoms with van der Waals surface area (Å²) in [7, 11) is 5.02. The van der Waals surface area contributed by atoms with Gasteiger partial charge in [0, 0.05) is 32.4 Å². The van der Waals surface area contributed by atoms with Crippen LogP contribution >= 0.6 is 0 Å². The number of carbonyl (C=O) groups excluding carboxylic acids is 1. The van der Waals surface area contributed by atoms with Gasteiger partial charge in [-0.05, 0) is 61.4 Å². The lowest BCUT2D eigenvalue weighted by molar-refractivity contribution is 0.200. The first kappa shape index (κ1) is 21.7. The summed E-state index contributed by atoms with van der Waals surface area (Å²) in [5.41, 5.74) is 2.05. The molecule has 0 unspecified atom stereocenters. The van der Waals surface area contributed by atoms with Crippen LogP contribution in [0.5, 0.6) is 17.4 Å². The summed E-state index contributed by atoms with van der Waals surface area (Å²) in [6.45, 7) is 1.02. The van der Waals surface area contributed by atoms with Crippen molar-refractivity contribution in [3.05, 3.63) is 47.7 Å². The Hall–Kier alpha value is -2.96. The van der Waals surface area contributed by atoms with Gasteiger partial charge in [-0.15, -0.1) is 0 Å². The summed E-state index contributed by atoms with van der Waals surface area (Å²) in [6.07, 6.45) is 7.34. The van der Waals surface area contributed by atoms with E-state index in [0.717, 1.165) is 30.4 Å². The van der Waals surface area contributed by atoms with Crippen LogP contribution in [0.1, 0.15) is 36.8 Å². The first-order valence-corrected chi connectivity index (χ1v) is 10.4. The molecule has 0 atom stereocenters. The van der Waals surface area contributed by atoms with E-state index in [0.29, 0.717) is 30.5 Å². The molecule has 7 heteroatoms. The monoisotopic (exact) mass is 413 g/mol. The van der Waals surface area contributed by atoms with Crippen molar-refractivity contribution in [1.82, 2.24) is 15.2 Å². The van der Waals surface area contributed by atoms with E-state index < -0.39 is 0 Å². The standard InChI is InChI=1S/C23H31N3O4/c1-26(13-11-17-8-9-20(28-2)21(14-17)29-3)23(27)25-16-18-10-12-24-22(15-18)30-19-6-4-5-7-19/h8-10,12,14-15,19H,4-7,11,13,16H2,1-3H3,(H,25,27). The molecule has 0 saturated heterocycles. The van der Waals surface area contributed by atoms with Crippen LogP contribution in [0.4, 0.5) is 4.79 Å². The van der Waals surface area contributed by atoms with Gasteiger partial charge in [0.1, 0.15) is 6.10 Å². The maximum Gasteiger partial charge on any atom is 0.317 e. The molecule has 30 heavy (non-hydrogen) atoms. The van der Waals surface area contributed by atoms with E-state index in [-0.39, 0.29) is 12.1 Å². The summed E-state index contributed by atoms with van der Waals surface area (Å²) in [5.74, 6) is 2.02. The summed E-state index contributed by atoms with van der Waals surface area (Å²) < 4.78 is 16.5. The third-order valence-corrected chi connectivity index (χ3v) is 5.36. The molecule has 1 aliphatic rings. The van der Waals surface area contributed by atoms with E-state index in [1.807, 2.05) is 30.3 Å². The van der Waals surface area contributed by atoms with Gasteiger partial charge >= 0.3 is 6.03 Å². The third-order valence-electron chi connectivity index (χ3n) is 5.36. The van der Waals surface area contributed by atoms with Crippen molar-refractivity contribution in [2.24, 2.45) is 0 Å². The Bertz CT molecular complexity index is 837. The number of hydrogen-bond donors (Lipinski definition) is 1. The Balaban J connectivity index is 1.46. The van der Waals surface area contributed by atoms with Gasteiger partial charge in [-0.2, -0.15) is 0 Å². The highest BCUT2D eigenvalue weighted by atomic mass is 16.5. The van der Waals surface area contributed by atoms with Crippen molar-refractivity contribution < 1.29 is 19.0 Å². The molecule has 0 spiro atoms. The van der Waals surface area contributed by atoms with Crippen molar-refractivity contribution in [3.63, 3.8) is 0 Å². The maximum atomic E-state index is 12.4. The number of likely N-dealkylation sites (N-methyl/N-ethyl adjacent to an activating group) is 1. The highest BCUT2D eigenvalue weighted by molar-refractivity contribution is 5.73. The minimum absolute atomic E-state index is 0.120. The molecule has 1 heterocycles. The zero-order valence-electron chi connectivity index (χ0n) is 18.0. The summed E-state index contributed by atoms with van der Waals surface area (Å²) >= 11 is 0.